The van der Waals surface area contributed by atoms with Crippen LogP contribution in [0.15, 0.2) is 200 Å². The van der Waals surface area contributed by atoms with Gasteiger partial charge in [0.05, 0.1) is 17.6 Å². The van der Waals surface area contributed by atoms with Gasteiger partial charge in [-0.3, -0.25) is 0 Å². The summed E-state index contributed by atoms with van der Waals surface area (Å²) in [5, 5.41) is 6.51. The van der Waals surface area contributed by atoms with E-state index in [-0.39, 0.29) is 12.1 Å². The molecule has 1 aliphatic heterocycles. The van der Waals surface area contributed by atoms with E-state index in [0.717, 1.165) is 25.7 Å². The lowest BCUT2D eigenvalue weighted by Crippen LogP contribution is -2.35. The third kappa shape index (κ3) is 5.56. The number of aromatic nitrogens is 1. The van der Waals surface area contributed by atoms with E-state index in [4.69, 9.17) is 0 Å². The maximum absolute atomic E-state index is 2.63. The molecular formula is C56H43N3. The van der Waals surface area contributed by atoms with Crippen molar-refractivity contribution >= 4 is 66.7 Å². The van der Waals surface area contributed by atoms with Crippen LogP contribution in [0.25, 0.3) is 55.4 Å². The quantitative estimate of drug-likeness (QED) is 0.167. The Kier molecular flexibility index (Phi) is 7.94. The SMILES string of the molecule is C1=CCC(N(C2=CC=C(c3ccc4ccccc4c3)CC2)c2cccc(N3c4ccccc4C4=Cc5c(n(-c6ccccc6)c6ccc7ccccc7c56)CC43)c2)C=C1. The second-order valence-electron chi connectivity index (χ2n) is 16.3. The molecule has 3 heteroatoms. The number of hydrogen-bond donors (Lipinski definition) is 0. The minimum Gasteiger partial charge on any atom is -0.338 e. The van der Waals surface area contributed by atoms with Gasteiger partial charge in [-0.15, -0.1) is 0 Å². The van der Waals surface area contributed by atoms with E-state index in [1.807, 2.05) is 0 Å². The zero-order chi connectivity index (χ0) is 38.9. The van der Waals surface area contributed by atoms with Crippen LogP contribution in [0.5, 0.6) is 0 Å². The Morgan fingerprint density at radius 1 is 0.610 bits per heavy atom. The highest BCUT2D eigenvalue weighted by molar-refractivity contribution is 6.15. The molecule has 0 saturated heterocycles. The van der Waals surface area contributed by atoms with E-state index in [0.29, 0.717) is 0 Å². The van der Waals surface area contributed by atoms with Gasteiger partial charge < -0.3 is 14.4 Å². The number of nitrogens with zero attached hydrogens (tertiary/aromatic N) is 3. The molecule has 0 radical (unpaired) electrons. The average Bonchev–Trinajstić information content (AvgIpc) is 3.81. The number of hydrogen-bond acceptors (Lipinski definition) is 2. The first-order chi connectivity index (χ1) is 29.3. The highest BCUT2D eigenvalue weighted by Gasteiger charge is 2.40. The summed E-state index contributed by atoms with van der Waals surface area (Å²) in [5.74, 6) is 0. The third-order valence-electron chi connectivity index (χ3n) is 13.1. The molecule has 0 spiro atoms. The lowest BCUT2D eigenvalue weighted by molar-refractivity contribution is 0.722. The van der Waals surface area contributed by atoms with Crippen LogP contribution in [0.3, 0.4) is 0 Å². The van der Waals surface area contributed by atoms with Gasteiger partial charge in [-0.1, -0.05) is 140 Å². The Hall–Kier alpha value is -7.10. The highest BCUT2D eigenvalue weighted by Crippen LogP contribution is 2.52. The molecule has 2 atom stereocenters. The maximum atomic E-state index is 2.63. The zero-order valence-corrected chi connectivity index (χ0v) is 32.9. The summed E-state index contributed by atoms with van der Waals surface area (Å²) in [7, 11) is 0. The summed E-state index contributed by atoms with van der Waals surface area (Å²) in [5.41, 5.74) is 15.7. The number of para-hydroxylation sites is 2. The van der Waals surface area contributed by atoms with Gasteiger partial charge in [0.1, 0.15) is 0 Å². The van der Waals surface area contributed by atoms with Crippen molar-refractivity contribution in [3.05, 3.63) is 222 Å². The lowest BCUT2D eigenvalue weighted by atomic mass is 9.88. The Labute approximate surface area is 345 Å². The summed E-state index contributed by atoms with van der Waals surface area (Å²) in [6.07, 6.45) is 20.2. The molecule has 59 heavy (non-hydrogen) atoms. The molecule has 12 rings (SSSR count). The normalized spacial score (nSPS) is 18.0. The predicted octanol–water partition coefficient (Wildman–Crippen LogP) is 14.0. The molecule has 0 fully saturated rings. The summed E-state index contributed by atoms with van der Waals surface area (Å²) < 4.78 is 2.53. The van der Waals surface area contributed by atoms with Gasteiger partial charge >= 0.3 is 0 Å². The number of fused-ring (bicyclic) bond motifs is 9. The number of anilines is 3. The smallest absolute Gasteiger partial charge is 0.0653 e. The number of benzene rings is 7. The molecule has 0 N–H and O–H groups in total. The summed E-state index contributed by atoms with van der Waals surface area (Å²) in [4.78, 5) is 5.23. The van der Waals surface area contributed by atoms with Gasteiger partial charge in [-0.25, -0.2) is 0 Å². The van der Waals surface area contributed by atoms with Gasteiger partial charge in [-0.2, -0.15) is 0 Å². The van der Waals surface area contributed by atoms with Crippen LogP contribution in [0.4, 0.5) is 17.1 Å². The van der Waals surface area contributed by atoms with Crippen molar-refractivity contribution in [3.8, 4) is 5.69 Å². The van der Waals surface area contributed by atoms with Crippen LogP contribution in [-0.2, 0) is 6.42 Å². The van der Waals surface area contributed by atoms with E-state index in [1.54, 1.807) is 0 Å². The van der Waals surface area contributed by atoms with Gasteiger partial charge in [0, 0.05) is 57.1 Å². The first-order valence-corrected chi connectivity index (χ1v) is 21.1. The number of allylic oxidation sites excluding steroid dienone is 6. The van der Waals surface area contributed by atoms with Crippen LogP contribution < -0.4 is 9.80 Å². The topological polar surface area (TPSA) is 11.4 Å². The minimum absolute atomic E-state index is 0.153. The second-order valence-corrected chi connectivity index (χ2v) is 16.3. The summed E-state index contributed by atoms with van der Waals surface area (Å²) >= 11 is 0. The third-order valence-corrected chi connectivity index (χ3v) is 13.1. The molecule has 1 aromatic heterocycles. The van der Waals surface area contributed by atoms with Crippen molar-refractivity contribution in [1.29, 1.82) is 0 Å². The van der Waals surface area contributed by atoms with E-state index in [1.165, 1.54) is 94.4 Å². The van der Waals surface area contributed by atoms with Crippen LogP contribution in [0.2, 0.25) is 0 Å². The Balaban J connectivity index is 0.971. The average molecular weight is 758 g/mol. The van der Waals surface area contributed by atoms with Gasteiger partial charge in [0.25, 0.3) is 0 Å². The van der Waals surface area contributed by atoms with Crippen molar-refractivity contribution in [3.63, 3.8) is 0 Å². The summed E-state index contributed by atoms with van der Waals surface area (Å²) in [6, 6.07) is 58.8. The van der Waals surface area contributed by atoms with E-state index < -0.39 is 0 Å². The lowest BCUT2D eigenvalue weighted by Gasteiger charge is -2.37. The molecule has 3 aliphatic carbocycles. The fraction of sp³-hybridized carbons (Fsp3) is 0.107. The molecule has 2 unspecified atom stereocenters. The van der Waals surface area contributed by atoms with Crippen LogP contribution >= 0.6 is 0 Å². The zero-order valence-electron chi connectivity index (χ0n) is 32.9. The minimum atomic E-state index is 0.153. The molecular weight excluding hydrogens is 715 g/mol. The molecule has 0 bridgehead atoms. The fourth-order valence-corrected chi connectivity index (χ4v) is 10.4. The van der Waals surface area contributed by atoms with E-state index in [2.05, 4.69) is 215 Å². The van der Waals surface area contributed by atoms with Gasteiger partial charge in [0.15, 0.2) is 0 Å². The van der Waals surface area contributed by atoms with Crippen LogP contribution in [0.1, 0.15) is 41.6 Å². The Morgan fingerprint density at radius 3 is 2.27 bits per heavy atom. The molecule has 3 nitrogen and oxygen atoms in total. The first-order valence-electron chi connectivity index (χ1n) is 21.1. The largest absolute Gasteiger partial charge is 0.338 e. The fourth-order valence-electron chi connectivity index (χ4n) is 10.4. The van der Waals surface area contributed by atoms with Crippen molar-refractivity contribution in [2.75, 3.05) is 9.80 Å². The molecule has 7 aromatic carbocycles. The molecule has 8 aromatic rings. The second kappa shape index (κ2) is 13.8. The van der Waals surface area contributed by atoms with Crippen molar-refractivity contribution in [2.45, 2.75) is 37.8 Å². The van der Waals surface area contributed by atoms with Crippen molar-refractivity contribution in [2.24, 2.45) is 0 Å². The van der Waals surface area contributed by atoms with Crippen LogP contribution in [-0.4, -0.2) is 16.7 Å². The van der Waals surface area contributed by atoms with E-state index in [9.17, 15) is 0 Å². The molecule has 282 valence electrons. The van der Waals surface area contributed by atoms with Gasteiger partial charge in [0.2, 0.25) is 0 Å². The maximum Gasteiger partial charge on any atom is 0.0653 e. The predicted molar refractivity (Wildman–Crippen MR) is 250 cm³/mol. The first kappa shape index (κ1) is 34.0. The standard InChI is InChI=1S/C56H43N3/c1-3-17-43(18-4-1)57(45-31-28-39(29-32-45)42-27-26-38-14-7-8-16-41(38)34-42)46-21-13-22-47(35-46)59-52-25-12-11-24-49(52)50-36-51-55(37-54(50)59)58(44-19-5-2-6-20-44)53-33-30-40-15-9-10-23-48(40)56(51)53/h1-17,19-28,30-31,33-36,43,54H,18,29,32,37H2. The Bertz CT molecular complexity index is 3140. The van der Waals surface area contributed by atoms with Crippen molar-refractivity contribution < 1.29 is 0 Å². The monoisotopic (exact) mass is 757 g/mol. The molecule has 0 amide bonds. The van der Waals surface area contributed by atoms with Gasteiger partial charge in [-0.05, 0) is 118 Å². The van der Waals surface area contributed by atoms with Crippen LogP contribution in [0, 0.1) is 0 Å². The summed E-state index contributed by atoms with van der Waals surface area (Å²) in [6.45, 7) is 0. The van der Waals surface area contributed by atoms with Crippen molar-refractivity contribution in [1.82, 2.24) is 4.57 Å². The number of rotatable bonds is 6. The molecule has 2 heterocycles. The Morgan fingerprint density at radius 2 is 1.41 bits per heavy atom. The molecule has 0 saturated carbocycles. The molecule has 4 aliphatic rings. The highest BCUT2D eigenvalue weighted by atomic mass is 15.2. The van der Waals surface area contributed by atoms with E-state index >= 15 is 0 Å².